The van der Waals surface area contributed by atoms with Crippen LogP contribution in [0.1, 0.15) is 32.3 Å². The van der Waals surface area contributed by atoms with Gasteiger partial charge in [0.05, 0.1) is 11.4 Å². The van der Waals surface area contributed by atoms with E-state index in [-0.39, 0.29) is 0 Å². The van der Waals surface area contributed by atoms with Gasteiger partial charge in [-0.05, 0) is 31.4 Å². The summed E-state index contributed by atoms with van der Waals surface area (Å²) in [5.41, 5.74) is 9.08. The summed E-state index contributed by atoms with van der Waals surface area (Å²) in [5, 5.41) is 3.49. The summed E-state index contributed by atoms with van der Waals surface area (Å²) in [6.07, 6.45) is 2.26. The maximum Gasteiger partial charge on any atom is 0.0605 e. The van der Waals surface area contributed by atoms with Crippen LogP contribution in [0, 0.1) is 6.92 Å². The number of hydrogen-bond donors (Lipinski definition) is 2. The fourth-order valence-electron chi connectivity index (χ4n) is 1.58. The summed E-state index contributed by atoms with van der Waals surface area (Å²) in [6.45, 7) is 6.46. The molecule has 0 bridgehead atoms. The predicted molar refractivity (Wildman–Crippen MR) is 63.6 cm³/mol. The zero-order valence-corrected chi connectivity index (χ0v) is 9.30. The molecular weight excluding hydrogens is 172 g/mol. The minimum absolute atomic E-state index is 0.526. The van der Waals surface area contributed by atoms with E-state index in [2.05, 4.69) is 32.2 Å². The lowest BCUT2D eigenvalue weighted by Gasteiger charge is -2.19. The van der Waals surface area contributed by atoms with Gasteiger partial charge in [-0.25, -0.2) is 0 Å². The second kappa shape index (κ2) is 4.89. The SMILES string of the molecule is CCC(CC)Nc1c(C)cccc1N. The van der Waals surface area contributed by atoms with Crippen molar-refractivity contribution < 1.29 is 0 Å². The number of para-hydroxylation sites is 1. The summed E-state index contributed by atoms with van der Waals surface area (Å²) < 4.78 is 0. The van der Waals surface area contributed by atoms with E-state index in [1.54, 1.807) is 0 Å². The Bertz CT molecular complexity index is 270. The number of anilines is 2. The Labute approximate surface area is 86.5 Å². The van der Waals surface area contributed by atoms with Crippen LogP contribution in [0.5, 0.6) is 0 Å². The van der Waals surface area contributed by atoms with E-state index in [9.17, 15) is 0 Å². The van der Waals surface area contributed by atoms with Gasteiger partial charge in [0.15, 0.2) is 0 Å². The van der Waals surface area contributed by atoms with Gasteiger partial charge in [0, 0.05) is 6.04 Å². The normalized spacial score (nSPS) is 10.6. The Morgan fingerprint density at radius 2 is 1.93 bits per heavy atom. The van der Waals surface area contributed by atoms with E-state index in [1.165, 1.54) is 5.56 Å². The maximum atomic E-state index is 5.92. The Kier molecular flexibility index (Phi) is 3.81. The molecule has 0 aliphatic rings. The van der Waals surface area contributed by atoms with Crippen molar-refractivity contribution in [3.05, 3.63) is 23.8 Å². The molecule has 0 saturated carbocycles. The highest BCUT2D eigenvalue weighted by Crippen LogP contribution is 2.24. The lowest BCUT2D eigenvalue weighted by Crippen LogP contribution is -2.18. The highest BCUT2D eigenvalue weighted by Gasteiger charge is 2.07. The second-order valence-electron chi connectivity index (χ2n) is 3.70. The van der Waals surface area contributed by atoms with Crippen LogP contribution in [-0.2, 0) is 0 Å². The number of rotatable bonds is 4. The number of benzene rings is 1. The molecule has 1 aromatic carbocycles. The molecule has 1 rings (SSSR count). The molecule has 1 aromatic rings. The van der Waals surface area contributed by atoms with Crippen LogP contribution in [0.15, 0.2) is 18.2 Å². The van der Waals surface area contributed by atoms with E-state index in [0.29, 0.717) is 6.04 Å². The van der Waals surface area contributed by atoms with Crippen molar-refractivity contribution in [2.75, 3.05) is 11.1 Å². The quantitative estimate of drug-likeness (QED) is 0.719. The van der Waals surface area contributed by atoms with Gasteiger partial charge in [-0.15, -0.1) is 0 Å². The molecule has 0 aromatic heterocycles. The molecule has 2 heteroatoms. The number of nitrogens with two attached hydrogens (primary N) is 1. The molecule has 0 spiro atoms. The zero-order valence-electron chi connectivity index (χ0n) is 9.30. The lowest BCUT2D eigenvalue weighted by atomic mass is 10.1. The van der Waals surface area contributed by atoms with Gasteiger partial charge >= 0.3 is 0 Å². The van der Waals surface area contributed by atoms with E-state index in [0.717, 1.165) is 24.2 Å². The second-order valence-corrected chi connectivity index (χ2v) is 3.70. The van der Waals surface area contributed by atoms with Crippen LogP contribution < -0.4 is 11.1 Å². The summed E-state index contributed by atoms with van der Waals surface area (Å²) >= 11 is 0. The molecule has 0 aliphatic carbocycles. The molecular formula is C12H20N2. The fourth-order valence-corrected chi connectivity index (χ4v) is 1.58. The van der Waals surface area contributed by atoms with Gasteiger partial charge in [0.2, 0.25) is 0 Å². The van der Waals surface area contributed by atoms with Crippen molar-refractivity contribution in [1.29, 1.82) is 0 Å². The monoisotopic (exact) mass is 192 g/mol. The van der Waals surface area contributed by atoms with E-state index < -0.39 is 0 Å². The topological polar surface area (TPSA) is 38.0 Å². The molecule has 0 unspecified atom stereocenters. The highest BCUT2D eigenvalue weighted by atomic mass is 14.9. The molecule has 0 amide bonds. The third kappa shape index (κ3) is 2.41. The minimum atomic E-state index is 0.526. The average molecular weight is 192 g/mol. The summed E-state index contributed by atoms with van der Waals surface area (Å²) in [6, 6.07) is 6.54. The van der Waals surface area contributed by atoms with E-state index in [4.69, 9.17) is 5.73 Å². The molecule has 0 heterocycles. The average Bonchev–Trinajstić information content (AvgIpc) is 2.18. The van der Waals surface area contributed by atoms with Crippen molar-refractivity contribution in [3.63, 3.8) is 0 Å². The first-order chi connectivity index (χ1) is 6.69. The van der Waals surface area contributed by atoms with E-state index >= 15 is 0 Å². The van der Waals surface area contributed by atoms with Crippen LogP contribution >= 0.6 is 0 Å². The Hall–Kier alpha value is -1.18. The minimum Gasteiger partial charge on any atom is -0.397 e. The molecule has 78 valence electrons. The molecule has 3 N–H and O–H groups in total. The molecule has 0 saturated heterocycles. The Morgan fingerprint density at radius 3 is 2.43 bits per heavy atom. The van der Waals surface area contributed by atoms with Gasteiger partial charge in [-0.2, -0.15) is 0 Å². The summed E-state index contributed by atoms with van der Waals surface area (Å²) in [7, 11) is 0. The van der Waals surface area contributed by atoms with Crippen molar-refractivity contribution in [3.8, 4) is 0 Å². The lowest BCUT2D eigenvalue weighted by molar-refractivity contribution is 0.671. The third-order valence-corrected chi connectivity index (χ3v) is 2.64. The molecule has 2 nitrogen and oxygen atoms in total. The first-order valence-electron chi connectivity index (χ1n) is 5.30. The third-order valence-electron chi connectivity index (χ3n) is 2.64. The van der Waals surface area contributed by atoms with Crippen LogP contribution in [0.25, 0.3) is 0 Å². The predicted octanol–water partition coefficient (Wildman–Crippen LogP) is 3.18. The molecule has 0 atom stereocenters. The van der Waals surface area contributed by atoms with Crippen molar-refractivity contribution >= 4 is 11.4 Å². The summed E-state index contributed by atoms with van der Waals surface area (Å²) in [4.78, 5) is 0. The van der Waals surface area contributed by atoms with Crippen molar-refractivity contribution in [2.24, 2.45) is 0 Å². The summed E-state index contributed by atoms with van der Waals surface area (Å²) in [5.74, 6) is 0. The number of nitrogens with one attached hydrogen (secondary N) is 1. The van der Waals surface area contributed by atoms with Gasteiger partial charge in [0.25, 0.3) is 0 Å². The van der Waals surface area contributed by atoms with Crippen molar-refractivity contribution in [1.82, 2.24) is 0 Å². The Balaban J connectivity index is 2.84. The first kappa shape index (κ1) is 10.9. The fraction of sp³-hybridized carbons (Fsp3) is 0.500. The van der Waals surface area contributed by atoms with Crippen LogP contribution in [0.2, 0.25) is 0 Å². The van der Waals surface area contributed by atoms with Gasteiger partial charge in [-0.1, -0.05) is 26.0 Å². The van der Waals surface area contributed by atoms with Gasteiger partial charge in [0.1, 0.15) is 0 Å². The molecule has 0 radical (unpaired) electrons. The molecule has 0 fully saturated rings. The zero-order chi connectivity index (χ0) is 10.6. The smallest absolute Gasteiger partial charge is 0.0605 e. The van der Waals surface area contributed by atoms with Gasteiger partial charge < -0.3 is 11.1 Å². The number of hydrogen-bond acceptors (Lipinski definition) is 2. The largest absolute Gasteiger partial charge is 0.397 e. The highest BCUT2D eigenvalue weighted by molar-refractivity contribution is 5.70. The van der Waals surface area contributed by atoms with Crippen LogP contribution in [-0.4, -0.2) is 6.04 Å². The van der Waals surface area contributed by atoms with Crippen molar-refractivity contribution in [2.45, 2.75) is 39.7 Å². The molecule has 0 aliphatic heterocycles. The number of nitrogen functional groups attached to an aromatic ring is 1. The van der Waals surface area contributed by atoms with Gasteiger partial charge in [-0.3, -0.25) is 0 Å². The van der Waals surface area contributed by atoms with Crippen LogP contribution in [0.4, 0.5) is 11.4 Å². The van der Waals surface area contributed by atoms with Crippen LogP contribution in [0.3, 0.4) is 0 Å². The van der Waals surface area contributed by atoms with E-state index in [1.807, 2.05) is 12.1 Å². The number of aryl methyl sites for hydroxylation is 1. The standard InChI is InChI=1S/C12H20N2/c1-4-10(5-2)14-12-9(3)7-6-8-11(12)13/h6-8,10,14H,4-5,13H2,1-3H3. The maximum absolute atomic E-state index is 5.92. The first-order valence-corrected chi connectivity index (χ1v) is 5.30. The Morgan fingerprint density at radius 1 is 1.29 bits per heavy atom. The molecule has 14 heavy (non-hydrogen) atoms.